The van der Waals surface area contributed by atoms with E-state index in [2.05, 4.69) is 23.8 Å². The molecule has 1 heterocycles. The maximum absolute atomic E-state index is 3.24. The second-order valence-corrected chi connectivity index (χ2v) is 3.22. The maximum atomic E-state index is 3.24. The highest BCUT2D eigenvalue weighted by molar-refractivity contribution is 7.07. The van der Waals surface area contributed by atoms with Crippen LogP contribution in [0.25, 0.3) is 0 Å². The molecule has 0 nitrogen and oxygen atoms in total. The van der Waals surface area contributed by atoms with Gasteiger partial charge in [0, 0.05) is 5.38 Å². The molecule has 0 bridgehead atoms. The van der Waals surface area contributed by atoms with Gasteiger partial charge in [0.05, 0.1) is 0 Å². The van der Waals surface area contributed by atoms with Crippen LogP contribution < -0.4 is 0 Å². The van der Waals surface area contributed by atoms with Gasteiger partial charge in [-0.25, -0.2) is 0 Å². The number of rotatable bonds is 4. The minimum Gasteiger partial charge on any atom is -0.143 e. The van der Waals surface area contributed by atoms with E-state index in [4.69, 9.17) is 0 Å². The second-order valence-electron chi connectivity index (χ2n) is 2.51. The average molecular weight is 153 g/mol. The lowest BCUT2D eigenvalue weighted by molar-refractivity contribution is 0.718. The van der Waals surface area contributed by atoms with Gasteiger partial charge in [0.1, 0.15) is 0 Å². The van der Waals surface area contributed by atoms with E-state index in [0.29, 0.717) is 0 Å². The van der Waals surface area contributed by atoms with Crippen molar-refractivity contribution >= 4 is 11.3 Å². The molecule has 0 unspecified atom stereocenters. The molecule has 0 fully saturated rings. The molecule has 0 spiro atoms. The highest BCUT2D eigenvalue weighted by Gasteiger charge is 1.91. The molecule has 0 saturated heterocycles. The molecule has 1 radical (unpaired) electrons. The van der Waals surface area contributed by atoms with Crippen molar-refractivity contribution in [1.29, 1.82) is 0 Å². The van der Waals surface area contributed by atoms with Crippen molar-refractivity contribution in [2.45, 2.75) is 32.6 Å². The largest absolute Gasteiger partial charge is 0.143 e. The van der Waals surface area contributed by atoms with E-state index in [9.17, 15) is 0 Å². The van der Waals surface area contributed by atoms with E-state index in [1.165, 1.54) is 31.2 Å². The first-order valence-corrected chi connectivity index (χ1v) is 4.75. The summed E-state index contributed by atoms with van der Waals surface area (Å²) in [4.78, 5) is 0. The third-order valence-corrected chi connectivity index (χ3v) is 2.23. The predicted octanol–water partition coefficient (Wildman–Crippen LogP) is 3.28. The quantitative estimate of drug-likeness (QED) is 0.582. The summed E-state index contributed by atoms with van der Waals surface area (Å²) in [5, 5.41) is 5.34. The zero-order chi connectivity index (χ0) is 7.23. The van der Waals surface area contributed by atoms with Gasteiger partial charge in [-0.1, -0.05) is 19.8 Å². The van der Waals surface area contributed by atoms with Crippen molar-refractivity contribution in [2.75, 3.05) is 0 Å². The van der Waals surface area contributed by atoms with Crippen LogP contribution in [0.1, 0.15) is 31.7 Å². The molecule has 1 aromatic heterocycles. The molecule has 0 atom stereocenters. The molecule has 1 aromatic rings. The third-order valence-electron chi connectivity index (χ3n) is 1.58. The van der Waals surface area contributed by atoms with Crippen LogP contribution in [0.3, 0.4) is 0 Å². The van der Waals surface area contributed by atoms with Crippen LogP contribution in [-0.2, 0) is 6.42 Å². The van der Waals surface area contributed by atoms with Crippen molar-refractivity contribution in [3.05, 3.63) is 22.4 Å². The Morgan fingerprint density at radius 2 is 2.40 bits per heavy atom. The molecular formula is C9H13S. The monoisotopic (exact) mass is 153 g/mol. The Labute approximate surface area is 66.9 Å². The van der Waals surface area contributed by atoms with Crippen LogP contribution in [0, 0.1) is 5.38 Å². The molecule has 0 aliphatic heterocycles. The molecule has 0 aromatic carbocycles. The lowest BCUT2D eigenvalue weighted by atomic mass is 10.1. The zero-order valence-electron chi connectivity index (χ0n) is 6.39. The highest BCUT2D eigenvalue weighted by Crippen LogP contribution is 2.08. The van der Waals surface area contributed by atoms with Gasteiger partial charge in [-0.05, 0) is 29.9 Å². The zero-order valence-corrected chi connectivity index (χ0v) is 7.21. The van der Waals surface area contributed by atoms with Crippen LogP contribution in [0.2, 0.25) is 0 Å². The van der Waals surface area contributed by atoms with Gasteiger partial charge in [0.2, 0.25) is 0 Å². The van der Waals surface area contributed by atoms with Crippen molar-refractivity contribution < 1.29 is 0 Å². The highest BCUT2D eigenvalue weighted by atomic mass is 32.1. The van der Waals surface area contributed by atoms with E-state index in [1.54, 1.807) is 11.3 Å². The van der Waals surface area contributed by atoms with Crippen molar-refractivity contribution in [3.8, 4) is 0 Å². The molecule has 0 amide bonds. The molecule has 10 heavy (non-hydrogen) atoms. The molecule has 1 heteroatoms. The van der Waals surface area contributed by atoms with Crippen molar-refractivity contribution in [3.63, 3.8) is 0 Å². The lowest BCUT2D eigenvalue weighted by Gasteiger charge is -1.93. The molecule has 55 valence electrons. The van der Waals surface area contributed by atoms with Crippen molar-refractivity contribution in [2.24, 2.45) is 0 Å². The number of thiophene rings is 1. The summed E-state index contributed by atoms with van der Waals surface area (Å²) in [5.41, 5.74) is 1.39. The smallest absolute Gasteiger partial charge is 0.0477 e. The average Bonchev–Trinajstić information content (AvgIpc) is 2.41. The first-order chi connectivity index (χ1) is 4.93. The van der Waals surface area contributed by atoms with Gasteiger partial charge < -0.3 is 0 Å². The normalized spacial score (nSPS) is 10.1. The first kappa shape index (κ1) is 7.80. The lowest BCUT2D eigenvalue weighted by Crippen LogP contribution is -1.80. The predicted molar refractivity (Wildman–Crippen MR) is 46.4 cm³/mol. The fraction of sp³-hybridized carbons (Fsp3) is 0.556. The Morgan fingerprint density at radius 1 is 1.50 bits per heavy atom. The first-order valence-electron chi connectivity index (χ1n) is 3.87. The summed E-state index contributed by atoms with van der Waals surface area (Å²) >= 11 is 1.67. The molecular weight excluding hydrogens is 140 g/mol. The van der Waals surface area contributed by atoms with Gasteiger partial charge in [-0.15, -0.1) is 11.3 Å². The molecule has 1 rings (SSSR count). The molecule has 0 N–H and O–H groups in total. The Balaban J connectivity index is 2.15. The molecule has 0 saturated carbocycles. The number of aryl methyl sites for hydroxylation is 1. The Hall–Kier alpha value is -0.300. The second kappa shape index (κ2) is 4.51. The van der Waals surface area contributed by atoms with E-state index in [1.807, 2.05) is 0 Å². The molecule has 0 aliphatic rings. The van der Waals surface area contributed by atoms with Crippen LogP contribution in [0.15, 0.2) is 11.4 Å². The topological polar surface area (TPSA) is 0 Å². The van der Waals surface area contributed by atoms with E-state index in [0.717, 1.165) is 0 Å². The number of hydrogen-bond acceptors (Lipinski definition) is 1. The number of hydrogen-bond donors (Lipinski definition) is 0. The minimum absolute atomic E-state index is 1.22. The van der Waals surface area contributed by atoms with Gasteiger partial charge in [-0.2, -0.15) is 0 Å². The summed E-state index contributed by atoms with van der Waals surface area (Å²) in [6.07, 6.45) is 5.20. The Bertz CT molecular complexity index is 153. The fourth-order valence-corrected chi connectivity index (χ4v) is 1.58. The standard InChI is InChI=1S/C9H13S/c1-2-3-4-5-9-6-7-10-8-9/h6-7H,2-5H2,1H3. The van der Waals surface area contributed by atoms with Gasteiger partial charge in [0.15, 0.2) is 0 Å². The number of unbranched alkanes of at least 4 members (excludes halogenated alkanes) is 2. The van der Waals surface area contributed by atoms with Crippen LogP contribution in [-0.4, -0.2) is 0 Å². The van der Waals surface area contributed by atoms with Crippen LogP contribution >= 0.6 is 11.3 Å². The van der Waals surface area contributed by atoms with Gasteiger partial charge in [0.25, 0.3) is 0 Å². The van der Waals surface area contributed by atoms with Gasteiger partial charge >= 0.3 is 0 Å². The van der Waals surface area contributed by atoms with E-state index >= 15 is 0 Å². The Kier molecular flexibility index (Phi) is 3.52. The minimum atomic E-state index is 1.22. The van der Waals surface area contributed by atoms with E-state index in [-0.39, 0.29) is 0 Å². The SMILES string of the molecule is CCCCCc1[c]scc1. The summed E-state index contributed by atoms with van der Waals surface area (Å²) in [7, 11) is 0. The maximum Gasteiger partial charge on any atom is 0.0477 e. The Morgan fingerprint density at radius 3 is 3.00 bits per heavy atom. The van der Waals surface area contributed by atoms with Crippen LogP contribution in [0.4, 0.5) is 0 Å². The van der Waals surface area contributed by atoms with E-state index < -0.39 is 0 Å². The summed E-state index contributed by atoms with van der Waals surface area (Å²) in [6, 6.07) is 2.17. The third kappa shape index (κ3) is 2.53. The van der Waals surface area contributed by atoms with Gasteiger partial charge in [-0.3, -0.25) is 0 Å². The molecule has 0 aliphatic carbocycles. The summed E-state index contributed by atoms with van der Waals surface area (Å²) in [6.45, 7) is 2.23. The van der Waals surface area contributed by atoms with Crippen LogP contribution in [0.5, 0.6) is 0 Å². The fourth-order valence-electron chi connectivity index (χ4n) is 0.960. The van der Waals surface area contributed by atoms with Crippen molar-refractivity contribution in [1.82, 2.24) is 0 Å². The summed E-state index contributed by atoms with van der Waals surface area (Å²) in [5.74, 6) is 0. The summed E-state index contributed by atoms with van der Waals surface area (Å²) < 4.78 is 0.